The fourth-order valence-electron chi connectivity index (χ4n) is 4.51. The number of phenolic OH excluding ortho intramolecular Hbond substituents is 2. The van der Waals surface area contributed by atoms with Gasteiger partial charge in [0.1, 0.15) is 29.6 Å². The predicted octanol–water partition coefficient (Wildman–Crippen LogP) is -2.58. The molecule has 42 heavy (non-hydrogen) atoms. The second-order valence-electron chi connectivity index (χ2n) is 10.2. The lowest BCUT2D eigenvalue weighted by atomic mass is 9.95. The van der Waals surface area contributed by atoms with Crippen molar-refractivity contribution in [3.8, 4) is 22.6 Å². The summed E-state index contributed by atoms with van der Waals surface area (Å²) in [5, 5.41) is 31.5. The first-order chi connectivity index (χ1) is 20.0. The van der Waals surface area contributed by atoms with Gasteiger partial charge in [-0.1, -0.05) is 12.1 Å². The molecule has 14 N–H and O–H groups in total. The van der Waals surface area contributed by atoms with Crippen molar-refractivity contribution in [2.24, 2.45) is 22.9 Å². The predicted molar refractivity (Wildman–Crippen MR) is 156 cm³/mol. The first-order valence-corrected chi connectivity index (χ1v) is 13.8. The molecular formula is C28H40N8O6. The Morgan fingerprint density at radius 3 is 2.12 bits per heavy atom. The summed E-state index contributed by atoms with van der Waals surface area (Å²) in [6, 6.07) is 5.18. The van der Waals surface area contributed by atoms with Crippen molar-refractivity contribution < 1.29 is 29.4 Å². The zero-order chi connectivity index (χ0) is 30.8. The van der Waals surface area contributed by atoms with E-state index in [2.05, 4.69) is 21.3 Å². The van der Waals surface area contributed by atoms with E-state index >= 15 is 0 Å². The average Bonchev–Trinajstić information content (AvgIpc) is 2.97. The van der Waals surface area contributed by atoms with Crippen LogP contribution in [0.1, 0.15) is 24.0 Å². The molecule has 1 aliphatic rings. The lowest BCUT2D eigenvalue weighted by molar-refractivity contribution is -0.132. The number of fused-ring (bicyclic) bond motifs is 5. The van der Waals surface area contributed by atoms with Gasteiger partial charge in [0.2, 0.25) is 23.6 Å². The van der Waals surface area contributed by atoms with Crippen LogP contribution in [0, 0.1) is 0 Å². The molecule has 0 unspecified atom stereocenters. The van der Waals surface area contributed by atoms with Crippen LogP contribution in [0.5, 0.6) is 11.5 Å². The first kappa shape index (κ1) is 32.3. The molecule has 2 aromatic rings. The molecule has 4 amide bonds. The van der Waals surface area contributed by atoms with E-state index in [1.165, 1.54) is 12.1 Å². The van der Waals surface area contributed by atoms with Crippen LogP contribution in [0.15, 0.2) is 36.4 Å². The van der Waals surface area contributed by atoms with Gasteiger partial charge in [0.25, 0.3) is 0 Å². The van der Waals surface area contributed by atoms with E-state index in [-0.39, 0.29) is 56.9 Å². The molecule has 0 aromatic heterocycles. The average molecular weight is 585 g/mol. The summed E-state index contributed by atoms with van der Waals surface area (Å²) >= 11 is 0. The number of hydrogen-bond acceptors (Lipinski definition) is 10. The van der Waals surface area contributed by atoms with Crippen molar-refractivity contribution >= 4 is 23.6 Å². The number of carbonyl (C=O) groups is 4. The zero-order valence-corrected chi connectivity index (χ0v) is 23.3. The highest BCUT2D eigenvalue weighted by atomic mass is 16.3. The Bertz CT molecular complexity index is 1290. The Labute approximate surface area is 243 Å². The molecule has 1 heterocycles. The fourth-order valence-corrected chi connectivity index (χ4v) is 4.51. The maximum Gasteiger partial charge on any atom is 0.243 e. The van der Waals surface area contributed by atoms with E-state index in [1.54, 1.807) is 24.3 Å². The second kappa shape index (κ2) is 15.1. The second-order valence-corrected chi connectivity index (χ2v) is 10.2. The molecule has 228 valence electrons. The molecular weight excluding hydrogens is 544 g/mol. The van der Waals surface area contributed by atoms with Gasteiger partial charge in [0, 0.05) is 32.5 Å². The van der Waals surface area contributed by atoms with Crippen LogP contribution in [-0.2, 0) is 32.0 Å². The standard InChI is InChI=1S/C28H40N8O6/c29-7-1-2-21-28(42)36-22(27(41)34-14-20(32)25(39)33-9-8-30)13-18-11-16(4-6-24(18)38)15-3-5-23(37)17(10-15)12-19(31)26(40)35-21/h3-6,10-11,19-22,37-38H,1-2,7-9,12-14,29-32H2,(H,33,39)(H,34,41)(H,35,40)(H,36,42)/t19-,20-,21-,22-/m0/s1. The highest BCUT2D eigenvalue weighted by Gasteiger charge is 2.30. The Kier molecular flexibility index (Phi) is 11.6. The molecule has 0 saturated carbocycles. The lowest BCUT2D eigenvalue weighted by Crippen LogP contribution is -2.57. The maximum atomic E-state index is 13.4. The Morgan fingerprint density at radius 2 is 1.52 bits per heavy atom. The topological polar surface area (TPSA) is 261 Å². The molecule has 3 rings (SSSR count). The summed E-state index contributed by atoms with van der Waals surface area (Å²) in [5.74, 6) is -2.61. The number of carbonyl (C=O) groups excluding carboxylic acids is 4. The third kappa shape index (κ3) is 8.63. The minimum atomic E-state index is -1.22. The molecule has 4 atom stereocenters. The summed E-state index contributed by atoms with van der Waals surface area (Å²) in [6.07, 6.45) is 0.422. The van der Waals surface area contributed by atoms with Gasteiger partial charge in [-0.2, -0.15) is 0 Å². The van der Waals surface area contributed by atoms with Crippen LogP contribution >= 0.6 is 0 Å². The van der Waals surface area contributed by atoms with E-state index in [9.17, 15) is 29.4 Å². The van der Waals surface area contributed by atoms with Gasteiger partial charge in [0.05, 0.1) is 6.04 Å². The summed E-state index contributed by atoms with van der Waals surface area (Å²) in [5.41, 5.74) is 25.2. The Balaban J connectivity index is 1.99. The Morgan fingerprint density at radius 1 is 0.905 bits per heavy atom. The summed E-state index contributed by atoms with van der Waals surface area (Å²) in [4.78, 5) is 51.9. The van der Waals surface area contributed by atoms with Crippen LogP contribution in [0.4, 0.5) is 0 Å². The van der Waals surface area contributed by atoms with Crippen molar-refractivity contribution in [2.75, 3.05) is 26.2 Å². The summed E-state index contributed by atoms with van der Waals surface area (Å²) in [7, 11) is 0. The summed E-state index contributed by atoms with van der Waals surface area (Å²) < 4.78 is 0. The van der Waals surface area contributed by atoms with E-state index < -0.39 is 47.8 Å². The van der Waals surface area contributed by atoms with Gasteiger partial charge in [-0.15, -0.1) is 0 Å². The van der Waals surface area contributed by atoms with Crippen molar-refractivity contribution in [2.45, 2.75) is 49.9 Å². The molecule has 0 fully saturated rings. The number of amides is 4. The molecule has 2 aromatic carbocycles. The molecule has 14 nitrogen and oxygen atoms in total. The number of phenols is 2. The number of hydrogen-bond donors (Lipinski definition) is 10. The molecule has 4 bridgehead atoms. The van der Waals surface area contributed by atoms with Crippen molar-refractivity contribution in [3.63, 3.8) is 0 Å². The van der Waals surface area contributed by atoms with E-state index in [0.717, 1.165) is 0 Å². The van der Waals surface area contributed by atoms with Crippen LogP contribution in [0.2, 0.25) is 0 Å². The van der Waals surface area contributed by atoms with Crippen LogP contribution < -0.4 is 44.2 Å². The van der Waals surface area contributed by atoms with Gasteiger partial charge in [-0.25, -0.2) is 0 Å². The Hall–Kier alpha value is -4.24. The van der Waals surface area contributed by atoms with E-state index in [0.29, 0.717) is 28.7 Å². The van der Waals surface area contributed by atoms with Crippen LogP contribution in [-0.4, -0.2) is 84.2 Å². The van der Waals surface area contributed by atoms with E-state index in [4.69, 9.17) is 22.9 Å². The zero-order valence-electron chi connectivity index (χ0n) is 23.3. The van der Waals surface area contributed by atoms with Gasteiger partial charge in [-0.3, -0.25) is 19.2 Å². The third-order valence-corrected chi connectivity index (χ3v) is 6.93. The minimum absolute atomic E-state index is 0.00812. The number of nitrogens with two attached hydrogens (primary N) is 4. The van der Waals surface area contributed by atoms with Crippen LogP contribution in [0.25, 0.3) is 11.1 Å². The molecule has 1 aliphatic heterocycles. The molecule has 0 saturated heterocycles. The summed E-state index contributed by atoms with van der Waals surface area (Å²) in [6.45, 7) is 0.462. The lowest BCUT2D eigenvalue weighted by Gasteiger charge is -2.25. The number of aromatic hydroxyl groups is 2. The number of benzene rings is 2. The smallest absolute Gasteiger partial charge is 0.243 e. The van der Waals surface area contributed by atoms with Gasteiger partial charge in [-0.05, 0) is 65.9 Å². The monoisotopic (exact) mass is 584 g/mol. The van der Waals surface area contributed by atoms with Crippen LogP contribution in [0.3, 0.4) is 0 Å². The van der Waals surface area contributed by atoms with Gasteiger partial charge >= 0.3 is 0 Å². The third-order valence-electron chi connectivity index (χ3n) is 6.93. The number of rotatable bonds is 9. The molecule has 0 aliphatic carbocycles. The molecule has 0 spiro atoms. The van der Waals surface area contributed by atoms with Crippen molar-refractivity contribution in [3.05, 3.63) is 47.5 Å². The maximum absolute atomic E-state index is 13.4. The minimum Gasteiger partial charge on any atom is -0.508 e. The highest BCUT2D eigenvalue weighted by molar-refractivity contribution is 5.93. The van der Waals surface area contributed by atoms with Crippen molar-refractivity contribution in [1.82, 2.24) is 21.3 Å². The van der Waals surface area contributed by atoms with Gasteiger partial charge < -0.3 is 54.4 Å². The number of nitrogens with one attached hydrogen (secondary N) is 4. The normalized spacial score (nSPS) is 19.9. The fraction of sp³-hybridized carbons (Fsp3) is 0.429. The SMILES string of the molecule is NCCC[C@@H]1NC(=O)[C@@H](N)Cc2cc(ccc2O)-c2ccc(O)c(c2)C[C@@H](C(=O)NC[C@H](N)C(=O)NCCN)NC1=O. The highest BCUT2D eigenvalue weighted by Crippen LogP contribution is 2.30. The molecule has 14 heteroatoms. The quantitative estimate of drug-likeness (QED) is 0.147. The molecule has 0 radical (unpaired) electrons. The van der Waals surface area contributed by atoms with E-state index in [1.807, 2.05) is 0 Å². The first-order valence-electron chi connectivity index (χ1n) is 13.8. The van der Waals surface area contributed by atoms with Gasteiger partial charge in [0.15, 0.2) is 0 Å². The largest absolute Gasteiger partial charge is 0.508 e. The van der Waals surface area contributed by atoms with Crippen molar-refractivity contribution in [1.29, 1.82) is 0 Å².